The highest BCUT2D eigenvalue weighted by Crippen LogP contribution is 2.44. The lowest BCUT2D eigenvalue weighted by Crippen LogP contribution is -2.44. The number of aliphatic hydroxyl groups excluding tert-OH is 1. The van der Waals surface area contributed by atoms with Crippen molar-refractivity contribution in [2.24, 2.45) is 17.3 Å². The maximum Gasteiger partial charge on any atom is 0.144 e. The summed E-state index contributed by atoms with van der Waals surface area (Å²) in [6.45, 7) is 7.46. The molecule has 0 aromatic heterocycles. The Balaban J connectivity index is 2.83. The average Bonchev–Trinajstić information content (AvgIpc) is 1.96. The van der Waals surface area contributed by atoms with Crippen LogP contribution >= 0.6 is 0 Å². The smallest absolute Gasteiger partial charge is 0.144 e. The van der Waals surface area contributed by atoms with Crippen LogP contribution in [0.2, 0.25) is 0 Å². The first-order valence-electron chi connectivity index (χ1n) is 5.94. The van der Waals surface area contributed by atoms with Crippen molar-refractivity contribution in [2.45, 2.75) is 53.1 Å². The fourth-order valence-electron chi connectivity index (χ4n) is 3.26. The fourth-order valence-corrected chi connectivity index (χ4v) is 3.26. The van der Waals surface area contributed by atoms with Crippen LogP contribution in [-0.4, -0.2) is 22.8 Å². The van der Waals surface area contributed by atoms with E-state index in [0.29, 0.717) is 12.8 Å². The van der Waals surface area contributed by atoms with Crippen LogP contribution in [0.25, 0.3) is 0 Å². The Morgan fingerprint density at radius 1 is 1.38 bits per heavy atom. The van der Waals surface area contributed by atoms with Crippen molar-refractivity contribution >= 4 is 11.6 Å². The lowest BCUT2D eigenvalue weighted by atomic mass is 9.61. The summed E-state index contributed by atoms with van der Waals surface area (Å²) >= 11 is 0. The van der Waals surface area contributed by atoms with Crippen molar-refractivity contribution in [3.05, 3.63) is 0 Å². The number of Topliss-reactive ketones (excluding diaryl/α,β-unsaturated/α-hetero) is 2. The SMILES string of the molecule is CC(=O)CC(=O)C1C(C)CC(O)CC1(C)C. The molecule has 0 aromatic rings. The first kappa shape index (κ1) is 13.4. The summed E-state index contributed by atoms with van der Waals surface area (Å²) in [6, 6.07) is 0. The highest BCUT2D eigenvalue weighted by atomic mass is 16.3. The molecule has 1 fully saturated rings. The number of aliphatic hydroxyl groups is 1. The molecule has 1 rings (SSSR count). The minimum atomic E-state index is -0.314. The Hall–Kier alpha value is -0.700. The number of rotatable bonds is 3. The third kappa shape index (κ3) is 2.91. The molecule has 3 heteroatoms. The summed E-state index contributed by atoms with van der Waals surface area (Å²) in [5.74, 6) is 0.0291. The molecule has 0 aliphatic heterocycles. The Morgan fingerprint density at radius 3 is 2.38 bits per heavy atom. The highest BCUT2D eigenvalue weighted by molar-refractivity contribution is 5.99. The molecular weight excluding hydrogens is 204 g/mol. The predicted molar refractivity (Wildman–Crippen MR) is 62.0 cm³/mol. The van der Waals surface area contributed by atoms with Crippen LogP contribution in [0.3, 0.4) is 0 Å². The zero-order valence-electron chi connectivity index (χ0n) is 10.6. The molecule has 92 valence electrons. The van der Waals surface area contributed by atoms with Gasteiger partial charge < -0.3 is 5.11 Å². The van der Waals surface area contributed by atoms with Gasteiger partial charge in [0.05, 0.1) is 12.5 Å². The standard InChI is InChI=1S/C13H22O3/c1-8-5-10(15)7-13(3,4)12(8)11(16)6-9(2)14/h8,10,12,15H,5-7H2,1-4H3. The first-order chi connectivity index (χ1) is 7.24. The molecule has 1 saturated carbocycles. The van der Waals surface area contributed by atoms with Crippen LogP contribution in [0.15, 0.2) is 0 Å². The van der Waals surface area contributed by atoms with E-state index in [4.69, 9.17) is 0 Å². The average molecular weight is 226 g/mol. The second-order valence-corrected chi connectivity index (χ2v) is 5.88. The van der Waals surface area contributed by atoms with Gasteiger partial charge in [-0.15, -0.1) is 0 Å². The largest absolute Gasteiger partial charge is 0.393 e. The van der Waals surface area contributed by atoms with Gasteiger partial charge in [0, 0.05) is 5.92 Å². The molecule has 1 aliphatic rings. The van der Waals surface area contributed by atoms with Gasteiger partial charge >= 0.3 is 0 Å². The van der Waals surface area contributed by atoms with Gasteiger partial charge in [-0.1, -0.05) is 20.8 Å². The molecule has 0 heterocycles. The lowest BCUT2D eigenvalue weighted by Gasteiger charge is -2.44. The summed E-state index contributed by atoms with van der Waals surface area (Å²) in [6.07, 6.45) is 1.03. The Labute approximate surface area is 97.2 Å². The molecule has 0 saturated heterocycles. The zero-order chi connectivity index (χ0) is 12.5. The molecule has 0 bridgehead atoms. The molecule has 3 unspecified atom stereocenters. The molecule has 0 aromatic carbocycles. The normalized spacial score (nSPS) is 33.4. The molecule has 3 atom stereocenters. The van der Waals surface area contributed by atoms with Gasteiger partial charge in [-0.3, -0.25) is 9.59 Å². The van der Waals surface area contributed by atoms with Crippen LogP contribution in [0, 0.1) is 17.3 Å². The van der Waals surface area contributed by atoms with Gasteiger partial charge in [0.1, 0.15) is 11.6 Å². The van der Waals surface area contributed by atoms with Crippen molar-refractivity contribution in [1.29, 1.82) is 0 Å². The summed E-state index contributed by atoms with van der Waals surface area (Å²) < 4.78 is 0. The second kappa shape index (κ2) is 4.66. The zero-order valence-corrected chi connectivity index (χ0v) is 10.6. The Bertz CT molecular complexity index is 294. The third-order valence-electron chi connectivity index (χ3n) is 3.59. The number of carbonyl (C=O) groups is 2. The minimum absolute atomic E-state index is 0.0362. The quantitative estimate of drug-likeness (QED) is 0.748. The fraction of sp³-hybridized carbons (Fsp3) is 0.846. The van der Waals surface area contributed by atoms with Crippen LogP contribution < -0.4 is 0 Å². The van der Waals surface area contributed by atoms with Crippen molar-refractivity contribution in [3.8, 4) is 0 Å². The lowest BCUT2D eigenvalue weighted by molar-refractivity contribution is -0.136. The molecule has 1 N–H and O–H groups in total. The summed E-state index contributed by atoms with van der Waals surface area (Å²) in [7, 11) is 0. The van der Waals surface area contributed by atoms with Crippen LogP contribution in [-0.2, 0) is 9.59 Å². The Kier molecular flexibility index (Phi) is 3.89. The third-order valence-corrected chi connectivity index (χ3v) is 3.59. The Morgan fingerprint density at radius 2 is 1.94 bits per heavy atom. The van der Waals surface area contributed by atoms with Gasteiger partial charge in [-0.05, 0) is 31.1 Å². The maximum atomic E-state index is 12.0. The van der Waals surface area contributed by atoms with E-state index in [9.17, 15) is 14.7 Å². The van der Waals surface area contributed by atoms with E-state index in [-0.39, 0.29) is 41.3 Å². The topological polar surface area (TPSA) is 54.4 Å². The summed E-state index contributed by atoms with van der Waals surface area (Å²) in [5.41, 5.74) is -0.205. The molecule has 3 nitrogen and oxygen atoms in total. The second-order valence-electron chi connectivity index (χ2n) is 5.88. The first-order valence-corrected chi connectivity index (χ1v) is 5.94. The van der Waals surface area contributed by atoms with Crippen molar-refractivity contribution in [2.75, 3.05) is 0 Å². The number of ketones is 2. The number of hydrogen-bond donors (Lipinski definition) is 1. The summed E-state index contributed by atoms with van der Waals surface area (Å²) in [5, 5.41) is 9.72. The van der Waals surface area contributed by atoms with Crippen LogP contribution in [0.5, 0.6) is 0 Å². The van der Waals surface area contributed by atoms with E-state index in [1.807, 2.05) is 20.8 Å². The number of carbonyl (C=O) groups excluding carboxylic acids is 2. The van der Waals surface area contributed by atoms with E-state index in [1.165, 1.54) is 6.92 Å². The van der Waals surface area contributed by atoms with Gasteiger partial charge in [-0.25, -0.2) is 0 Å². The van der Waals surface area contributed by atoms with E-state index in [2.05, 4.69) is 0 Å². The highest BCUT2D eigenvalue weighted by Gasteiger charge is 2.44. The maximum absolute atomic E-state index is 12.0. The van der Waals surface area contributed by atoms with Crippen molar-refractivity contribution in [1.82, 2.24) is 0 Å². The molecule has 0 amide bonds. The van der Waals surface area contributed by atoms with Crippen LogP contribution in [0.4, 0.5) is 0 Å². The minimum Gasteiger partial charge on any atom is -0.393 e. The van der Waals surface area contributed by atoms with E-state index < -0.39 is 0 Å². The number of hydrogen-bond acceptors (Lipinski definition) is 3. The van der Waals surface area contributed by atoms with Crippen molar-refractivity contribution < 1.29 is 14.7 Å². The molecule has 0 spiro atoms. The molecule has 16 heavy (non-hydrogen) atoms. The molecular formula is C13H22O3. The van der Waals surface area contributed by atoms with E-state index in [0.717, 1.165) is 0 Å². The predicted octanol–water partition coefficient (Wildman–Crippen LogP) is 1.97. The monoisotopic (exact) mass is 226 g/mol. The van der Waals surface area contributed by atoms with Gasteiger partial charge in [0.25, 0.3) is 0 Å². The van der Waals surface area contributed by atoms with Crippen molar-refractivity contribution in [3.63, 3.8) is 0 Å². The van der Waals surface area contributed by atoms with Crippen LogP contribution in [0.1, 0.15) is 47.0 Å². The summed E-state index contributed by atoms with van der Waals surface area (Å²) in [4.78, 5) is 23.0. The van der Waals surface area contributed by atoms with Gasteiger partial charge in [-0.2, -0.15) is 0 Å². The molecule has 1 aliphatic carbocycles. The van der Waals surface area contributed by atoms with Gasteiger partial charge in [0.15, 0.2) is 0 Å². The van der Waals surface area contributed by atoms with Gasteiger partial charge in [0.2, 0.25) is 0 Å². The van der Waals surface area contributed by atoms with E-state index >= 15 is 0 Å². The molecule has 0 radical (unpaired) electrons. The van der Waals surface area contributed by atoms with E-state index in [1.54, 1.807) is 0 Å².